The minimum Gasteiger partial charge on any atom is -0.389 e. The molecule has 126 valence electrons. The second kappa shape index (κ2) is 7.41. The molecule has 0 fully saturated rings. The number of hydrogen-bond donors (Lipinski definition) is 2. The SMILES string of the molecule is COCC(O)CN(C)CC(C)(O)c1cccc(C(F)(F)F)c1. The van der Waals surface area contributed by atoms with Gasteiger partial charge in [0.2, 0.25) is 0 Å². The van der Waals surface area contributed by atoms with Crippen molar-refractivity contribution in [3.8, 4) is 0 Å². The third kappa shape index (κ3) is 5.57. The van der Waals surface area contributed by atoms with E-state index in [2.05, 4.69) is 0 Å². The van der Waals surface area contributed by atoms with Crippen molar-refractivity contribution in [2.24, 2.45) is 0 Å². The van der Waals surface area contributed by atoms with Crippen LogP contribution in [0.4, 0.5) is 13.2 Å². The van der Waals surface area contributed by atoms with Crippen LogP contribution in [0.3, 0.4) is 0 Å². The van der Waals surface area contributed by atoms with Crippen LogP contribution < -0.4 is 0 Å². The molecular weight excluding hydrogens is 299 g/mol. The van der Waals surface area contributed by atoms with Gasteiger partial charge in [-0.3, -0.25) is 0 Å². The molecule has 7 heteroatoms. The largest absolute Gasteiger partial charge is 0.416 e. The summed E-state index contributed by atoms with van der Waals surface area (Å²) in [6.45, 7) is 1.91. The summed E-state index contributed by atoms with van der Waals surface area (Å²) in [4.78, 5) is 1.64. The predicted molar refractivity (Wildman–Crippen MR) is 76.4 cm³/mol. The maximum Gasteiger partial charge on any atom is 0.416 e. The monoisotopic (exact) mass is 321 g/mol. The lowest BCUT2D eigenvalue weighted by molar-refractivity contribution is -0.137. The van der Waals surface area contributed by atoms with Gasteiger partial charge < -0.3 is 19.8 Å². The topological polar surface area (TPSA) is 52.9 Å². The molecule has 0 heterocycles. The molecule has 0 bridgehead atoms. The van der Waals surface area contributed by atoms with Gasteiger partial charge in [0.25, 0.3) is 0 Å². The number of aliphatic hydroxyl groups excluding tert-OH is 1. The van der Waals surface area contributed by atoms with Crippen molar-refractivity contribution in [3.05, 3.63) is 35.4 Å². The van der Waals surface area contributed by atoms with E-state index in [0.29, 0.717) is 0 Å². The van der Waals surface area contributed by atoms with Crippen molar-refractivity contribution in [1.82, 2.24) is 4.90 Å². The van der Waals surface area contributed by atoms with Crippen molar-refractivity contribution in [2.45, 2.75) is 24.8 Å². The van der Waals surface area contributed by atoms with Gasteiger partial charge in [0.05, 0.1) is 23.9 Å². The third-order valence-corrected chi connectivity index (χ3v) is 3.27. The first-order valence-corrected chi connectivity index (χ1v) is 6.82. The summed E-state index contributed by atoms with van der Waals surface area (Å²) >= 11 is 0. The fraction of sp³-hybridized carbons (Fsp3) is 0.600. The molecular formula is C15H22F3NO3. The van der Waals surface area contributed by atoms with E-state index >= 15 is 0 Å². The van der Waals surface area contributed by atoms with E-state index in [-0.39, 0.29) is 25.3 Å². The van der Waals surface area contributed by atoms with Gasteiger partial charge in [-0.1, -0.05) is 12.1 Å². The Morgan fingerprint density at radius 3 is 2.41 bits per heavy atom. The van der Waals surface area contributed by atoms with Crippen LogP contribution >= 0.6 is 0 Å². The molecule has 4 nitrogen and oxygen atoms in total. The van der Waals surface area contributed by atoms with Crippen LogP contribution in [0.2, 0.25) is 0 Å². The van der Waals surface area contributed by atoms with E-state index in [0.717, 1.165) is 12.1 Å². The number of hydrogen-bond acceptors (Lipinski definition) is 4. The highest BCUT2D eigenvalue weighted by Gasteiger charge is 2.33. The smallest absolute Gasteiger partial charge is 0.389 e. The quantitative estimate of drug-likeness (QED) is 0.805. The Hall–Kier alpha value is -1.15. The van der Waals surface area contributed by atoms with E-state index in [4.69, 9.17) is 4.74 Å². The molecule has 1 rings (SSSR count). The maximum atomic E-state index is 12.7. The molecule has 1 aromatic carbocycles. The average Bonchev–Trinajstić information content (AvgIpc) is 2.37. The number of likely N-dealkylation sites (N-methyl/N-ethyl adjacent to an activating group) is 1. The Morgan fingerprint density at radius 2 is 1.86 bits per heavy atom. The number of alkyl halides is 3. The molecule has 0 aromatic heterocycles. The first-order valence-electron chi connectivity index (χ1n) is 6.82. The molecule has 0 aliphatic heterocycles. The molecule has 2 atom stereocenters. The lowest BCUT2D eigenvalue weighted by atomic mass is 9.93. The summed E-state index contributed by atoms with van der Waals surface area (Å²) in [6.07, 6.45) is -5.18. The second-order valence-electron chi connectivity index (χ2n) is 5.66. The van der Waals surface area contributed by atoms with Gasteiger partial charge in [-0.15, -0.1) is 0 Å². The molecule has 2 N–H and O–H groups in total. The lowest BCUT2D eigenvalue weighted by Crippen LogP contribution is -2.41. The van der Waals surface area contributed by atoms with Gasteiger partial charge in [-0.05, 0) is 31.7 Å². The first-order chi connectivity index (χ1) is 10.1. The number of rotatable bonds is 7. The van der Waals surface area contributed by atoms with E-state index in [1.807, 2.05) is 0 Å². The van der Waals surface area contributed by atoms with E-state index in [1.165, 1.54) is 26.2 Å². The third-order valence-electron chi connectivity index (χ3n) is 3.27. The minimum atomic E-state index is -4.45. The van der Waals surface area contributed by atoms with Crippen LogP contribution in [0, 0.1) is 0 Å². The zero-order chi connectivity index (χ0) is 17.0. The fourth-order valence-corrected chi connectivity index (χ4v) is 2.32. The maximum absolute atomic E-state index is 12.7. The summed E-state index contributed by atoms with van der Waals surface area (Å²) in [5.41, 5.74) is -2.09. The van der Waals surface area contributed by atoms with E-state index < -0.39 is 23.4 Å². The molecule has 0 saturated heterocycles. The van der Waals surface area contributed by atoms with Crippen molar-refractivity contribution in [1.29, 1.82) is 0 Å². The van der Waals surface area contributed by atoms with E-state index in [1.54, 1.807) is 11.9 Å². The highest BCUT2D eigenvalue weighted by atomic mass is 19.4. The average molecular weight is 321 g/mol. The molecule has 0 aliphatic rings. The van der Waals surface area contributed by atoms with Crippen LogP contribution in [0.5, 0.6) is 0 Å². The number of halogens is 3. The van der Waals surface area contributed by atoms with Gasteiger partial charge >= 0.3 is 6.18 Å². The molecule has 2 unspecified atom stereocenters. The number of ether oxygens (including phenoxy) is 1. The van der Waals surface area contributed by atoms with Crippen LogP contribution in [-0.2, 0) is 16.5 Å². The Labute approximate surface area is 128 Å². The predicted octanol–water partition coefficient (Wildman–Crippen LogP) is 1.85. The Bertz CT molecular complexity index is 477. The normalized spacial score (nSPS) is 16.6. The Kier molecular flexibility index (Phi) is 6.37. The van der Waals surface area contributed by atoms with Gasteiger partial charge in [0.1, 0.15) is 0 Å². The number of nitrogens with zero attached hydrogens (tertiary/aromatic N) is 1. The van der Waals surface area contributed by atoms with Crippen LogP contribution in [0.25, 0.3) is 0 Å². The summed E-state index contributed by atoms with van der Waals surface area (Å²) in [7, 11) is 3.13. The summed E-state index contributed by atoms with van der Waals surface area (Å²) in [6, 6.07) is 4.63. The standard InChI is InChI=1S/C15H22F3NO3/c1-14(21,10-19(2)8-13(20)9-22-3)11-5-4-6-12(7-11)15(16,17)18/h4-7,13,20-21H,8-10H2,1-3H3. The fourth-order valence-electron chi connectivity index (χ4n) is 2.32. The zero-order valence-corrected chi connectivity index (χ0v) is 12.9. The molecule has 0 spiro atoms. The highest BCUT2D eigenvalue weighted by molar-refractivity contribution is 5.29. The first kappa shape index (κ1) is 18.9. The lowest BCUT2D eigenvalue weighted by Gasteiger charge is -2.31. The van der Waals surface area contributed by atoms with Crippen LogP contribution in [-0.4, -0.2) is 55.1 Å². The summed E-state index contributed by atoms with van der Waals surface area (Å²) < 4.78 is 43.0. The zero-order valence-electron chi connectivity index (χ0n) is 12.9. The van der Waals surface area contributed by atoms with Gasteiger partial charge in [0, 0.05) is 20.2 Å². The molecule has 0 amide bonds. The second-order valence-corrected chi connectivity index (χ2v) is 5.66. The number of benzene rings is 1. The number of aliphatic hydroxyl groups is 2. The molecule has 0 aliphatic carbocycles. The minimum absolute atomic E-state index is 0.0785. The van der Waals surface area contributed by atoms with Crippen LogP contribution in [0.1, 0.15) is 18.1 Å². The van der Waals surface area contributed by atoms with Crippen molar-refractivity contribution >= 4 is 0 Å². The van der Waals surface area contributed by atoms with Gasteiger partial charge in [-0.25, -0.2) is 0 Å². The summed E-state index contributed by atoms with van der Waals surface area (Å²) in [5.74, 6) is 0. The number of methoxy groups -OCH3 is 1. The van der Waals surface area contributed by atoms with Gasteiger partial charge in [-0.2, -0.15) is 13.2 Å². The van der Waals surface area contributed by atoms with Crippen molar-refractivity contribution in [3.63, 3.8) is 0 Å². The molecule has 1 aromatic rings. The van der Waals surface area contributed by atoms with Crippen molar-refractivity contribution < 1.29 is 28.1 Å². The van der Waals surface area contributed by atoms with Gasteiger partial charge in [0.15, 0.2) is 0 Å². The van der Waals surface area contributed by atoms with Crippen molar-refractivity contribution in [2.75, 3.05) is 33.9 Å². The molecule has 22 heavy (non-hydrogen) atoms. The van der Waals surface area contributed by atoms with E-state index in [9.17, 15) is 23.4 Å². The Balaban J connectivity index is 2.81. The molecule has 0 saturated carbocycles. The molecule has 0 radical (unpaired) electrons. The Morgan fingerprint density at radius 1 is 1.27 bits per heavy atom. The highest BCUT2D eigenvalue weighted by Crippen LogP contribution is 2.32. The van der Waals surface area contributed by atoms with Crippen LogP contribution in [0.15, 0.2) is 24.3 Å². The summed E-state index contributed by atoms with van der Waals surface area (Å²) in [5, 5.41) is 20.1.